The SMILES string of the molecule is CC1OC(=O)OC1(C)OCC#C[SH](C)C. The Labute approximate surface area is 92.6 Å². The van der Waals surface area contributed by atoms with Crippen LogP contribution in [0.2, 0.25) is 0 Å². The monoisotopic (exact) mass is 232 g/mol. The lowest BCUT2D eigenvalue weighted by molar-refractivity contribution is -0.177. The molecule has 1 saturated heterocycles. The van der Waals surface area contributed by atoms with E-state index >= 15 is 0 Å². The molecule has 0 radical (unpaired) electrons. The third-order valence-corrected chi connectivity index (χ3v) is 2.64. The van der Waals surface area contributed by atoms with Gasteiger partial charge in [-0.2, -0.15) is 10.9 Å². The van der Waals surface area contributed by atoms with Crippen molar-refractivity contribution in [2.24, 2.45) is 0 Å². The zero-order chi connectivity index (χ0) is 11.5. The molecular formula is C10H16O4S. The highest BCUT2D eigenvalue weighted by Crippen LogP contribution is 2.27. The molecule has 0 bridgehead atoms. The second kappa shape index (κ2) is 4.77. The summed E-state index contributed by atoms with van der Waals surface area (Å²) in [5, 5.41) is 3.02. The Morgan fingerprint density at radius 1 is 1.60 bits per heavy atom. The van der Waals surface area contributed by atoms with Gasteiger partial charge in [0.15, 0.2) is 6.10 Å². The number of cyclic esters (lactones) is 2. The normalized spacial score (nSPS) is 30.0. The molecule has 1 aliphatic rings. The zero-order valence-corrected chi connectivity index (χ0v) is 10.3. The van der Waals surface area contributed by atoms with Gasteiger partial charge in [-0.15, -0.1) is 0 Å². The average Bonchev–Trinajstić information content (AvgIpc) is 2.35. The summed E-state index contributed by atoms with van der Waals surface area (Å²) in [5.41, 5.74) is 0. The fourth-order valence-corrected chi connectivity index (χ4v) is 1.42. The Kier molecular flexibility index (Phi) is 3.89. The van der Waals surface area contributed by atoms with E-state index in [1.54, 1.807) is 13.8 Å². The Morgan fingerprint density at radius 2 is 2.27 bits per heavy atom. The third kappa shape index (κ3) is 3.33. The Bertz CT molecular complexity index is 304. The minimum absolute atomic E-state index is 0.241. The van der Waals surface area contributed by atoms with Crippen LogP contribution in [0.25, 0.3) is 0 Å². The molecule has 0 aliphatic carbocycles. The largest absolute Gasteiger partial charge is 0.511 e. The number of hydrogen-bond acceptors (Lipinski definition) is 4. The molecule has 4 nitrogen and oxygen atoms in total. The van der Waals surface area contributed by atoms with Crippen LogP contribution in [0.1, 0.15) is 13.8 Å². The summed E-state index contributed by atoms with van der Waals surface area (Å²) >= 11 is 0. The molecule has 2 atom stereocenters. The fraction of sp³-hybridized carbons (Fsp3) is 0.700. The highest BCUT2D eigenvalue weighted by atomic mass is 32.2. The summed E-state index contributed by atoms with van der Waals surface area (Å²) in [5.74, 6) is 1.88. The van der Waals surface area contributed by atoms with Crippen LogP contribution >= 0.6 is 10.9 Å². The predicted molar refractivity (Wildman–Crippen MR) is 60.0 cm³/mol. The second-order valence-electron chi connectivity index (χ2n) is 3.60. The molecule has 1 heterocycles. The topological polar surface area (TPSA) is 44.8 Å². The Morgan fingerprint density at radius 3 is 2.73 bits per heavy atom. The minimum atomic E-state index is -1.00. The summed E-state index contributed by atoms with van der Waals surface area (Å²) < 4.78 is 15.1. The van der Waals surface area contributed by atoms with Crippen molar-refractivity contribution in [3.05, 3.63) is 0 Å². The van der Waals surface area contributed by atoms with E-state index < -0.39 is 18.0 Å². The van der Waals surface area contributed by atoms with Crippen molar-refractivity contribution in [3.8, 4) is 11.2 Å². The summed E-state index contributed by atoms with van der Waals surface area (Å²) in [4.78, 5) is 10.9. The quantitative estimate of drug-likeness (QED) is 0.445. The maximum absolute atomic E-state index is 10.9. The van der Waals surface area contributed by atoms with Crippen LogP contribution in [0.5, 0.6) is 0 Å². The smallest absolute Gasteiger partial charge is 0.424 e. The lowest BCUT2D eigenvalue weighted by Crippen LogP contribution is -2.37. The molecule has 0 saturated carbocycles. The van der Waals surface area contributed by atoms with Gasteiger partial charge in [0, 0.05) is 6.92 Å². The van der Waals surface area contributed by atoms with E-state index in [0.717, 1.165) is 0 Å². The molecule has 5 heteroatoms. The van der Waals surface area contributed by atoms with Crippen molar-refractivity contribution >= 4 is 17.1 Å². The maximum Gasteiger partial charge on any atom is 0.511 e. The van der Waals surface area contributed by atoms with E-state index in [4.69, 9.17) is 14.2 Å². The van der Waals surface area contributed by atoms with Gasteiger partial charge in [-0.3, -0.25) is 0 Å². The first kappa shape index (κ1) is 12.2. The Balaban J connectivity index is 2.45. The fourth-order valence-electron chi connectivity index (χ4n) is 1.04. The van der Waals surface area contributed by atoms with E-state index in [1.807, 2.05) is 0 Å². The van der Waals surface area contributed by atoms with Gasteiger partial charge in [-0.05, 0) is 19.4 Å². The van der Waals surface area contributed by atoms with Crippen LogP contribution in [0.15, 0.2) is 0 Å². The first-order valence-electron chi connectivity index (χ1n) is 4.63. The van der Waals surface area contributed by atoms with Crippen LogP contribution < -0.4 is 0 Å². The van der Waals surface area contributed by atoms with Crippen LogP contribution in [0.4, 0.5) is 4.79 Å². The van der Waals surface area contributed by atoms with E-state index in [-0.39, 0.29) is 17.5 Å². The molecule has 1 aliphatic heterocycles. The molecule has 15 heavy (non-hydrogen) atoms. The maximum atomic E-state index is 10.9. The van der Waals surface area contributed by atoms with Gasteiger partial charge in [-0.25, -0.2) is 4.79 Å². The molecule has 1 fully saturated rings. The molecule has 2 unspecified atom stereocenters. The first-order chi connectivity index (χ1) is 6.94. The average molecular weight is 232 g/mol. The second-order valence-corrected chi connectivity index (χ2v) is 5.61. The molecule has 0 spiro atoms. The van der Waals surface area contributed by atoms with E-state index in [2.05, 4.69) is 23.7 Å². The highest BCUT2D eigenvalue weighted by molar-refractivity contribution is 8.20. The van der Waals surface area contributed by atoms with Gasteiger partial charge >= 0.3 is 6.16 Å². The number of rotatable bonds is 2. The minimum Gasteiger partial charge on any atom is -0.424 e. The lowest BCUT2D eigenvalue weighted by Gasteiger charge is -2.22. The molecule has 0 N–H and O–H groups in total. The molecule has 86 valence electrons. The van der Waals surface area contributed by atoms with Crippen molar-refractivity contribution in [1.29, 1.82) is 0 Å². The van der Waals surface area contributed by atoms with Crippen molar-refractivity contribution in [2.45, 2.75) is 25.7 Å². The molecule has 0 amide bonds. The lowest BCUT2D eigenvalue weighted by atomic mass is 10.2. The molecule has 0 aromatic rings. The summed E-state index contributed by atoms with van der Waals surface area (Å²) in [6.07, 6.45) is 3.03. The summed E-state index contributed by atoms with van der Waals surface area (Å²) in [7, 11) is -0.241. The molecule has 0 aromatic carbocycles. The number of carbonyl (C=O) groups excluding carboxylic acids is 1. The van der Waals surface area contributed by atoms with Crippen LogP contribution in [-0.2, 0) is 14.2 Å². The summed E-state index contributed by atoms with van der Waals surface area (Å²) in [6.45, 7) is 3.65. The van der Waals surface area contributed by atoms with Gasteiger partial charge in [0.05, 0.1) is 0 Å². The van der Waals surface area contributed by atoms with E-state index in [9.17, 15) is 4.79 Å². The number of ether oxygens (including phenoxy) is 3. The van der Waals surface area contributed by atoms with Crippen LogP contribution in [0, 0.1) is 11.2 Å². The van der Waals surface area contributed by atoms with Gasteiger partial charge in [0.2, 0.25) is 0 Å². The van der Waals surface area contributed by atoms with Gasteiger partial charge in [0.25, 0.3) is 5.79 Å². The van der Waals surface area contributed by atoms with Crippen molar-refractivity contribution in [3.63, 3.8) is 0 Å². The van der Waals surface area contributed by atoms with Crippen molar-refractivity contribution in [2.75, 3.05) is 19.1 Å². The van der Waals surface area contributed by atoms with Crippen molar-refractivity contribution < 1.29 is 19.0 Å². The number of thiol groups is 1. The van der Waals surface area contributed by atoms with E-state index in [0.29, 0.717) is 0 Å². The molecule has 0 aromatic heterocycles. The molecule has 1 rings (SSSR count). The van der Waals surface area contributed by atoms with Crippen LogP contribution in [0.3, 0.4) is 0 Å². The van der Waals surface area contributed by atoms with E-state index in [1.165, 1.54) is 0 Å². The van der Waals surface area contributed by atoms with Gasteiger partial charge in [0.1, 0.15) is 6.61 Å². The third-order valence-electron chi connectivity index (χ3n) is 2.03. The number of carbonyl (C=O) groups is 1. The predicted octanol–water partition coefficient (Wildman–Crippen LogP) is 1.50. The van der Waals surface area contributed by atoms with Crippen LogP contribution in [-0.4, -0.2) is 37.2 Å². The zero-order valence-electron chi connectivity index (χ0n) is 9.36. The Hall–Kier alpha value is -0.860. The standard InChI is InChI=1S/C10H16O4S/c1-8-10(2,14-9(11)13-8)12-6-5-7-15(3)4/h8,15H,6H2,1-4H3. The summed E-state index contributed by atoms with van der Waals surface area (Å²) in [6, 6.07) is 0. The van der Waals surface area contributed by atoms with Crippen molar-refractivity contribution in [1.82, 2.24) is 0 Å². The number of hydrogen-bond donors (Lipinski definition) is 1. The first-order valence-corrected chi connectivity index (χ1v) is 6.87. The van der Waals surface area contributed by atoms with Gasteiger partial charge in [-0.1, -0.05) is 11.2 Å². The van der Waals surface area contributed by atoms with Gasteiger partial charge < -0.3 is 14.2 Å². The highest BCUT2D eigenvalue weighted by Gasteiger charge is 2.46. The molecular weight excluding hydrogens is 216 g/mol.